The van der Waals surface area contributed by atoms with Crippen molar-refractivity contribution in [3.05, 3.63) is 12.7 Å². The normalized spacial score (nSPS) is 12.5. The minimum Gasteiger partial charge on any atom is -0.314 e. The molecule has 0 aromatic carbocycles. The summed E-state index contributed by atoms with van der Waals surface area (Å²) < 4.78 is 0. The predicted octanol–water partition coefficient (Wildman–Crippen LogP) is 2.66. The molecule has 0 atom stereocenters. The lowest BCUT2D eigenvalue weighted by atomic mass is 10.1. The number of rotatable bonds is 7. The summed E-state index contributed by atoms with van der Waals surface area (Å²) in [5, 5.41) is 3.44. The molecule has 0 aromatic rings. The summed E-state index contributed by atoms with van der Waals surface area (Å²) in [7, 11) is 0. The maximum Gasteiger partial charge on any atom is 0.0165 e. The van der Waals surface area contributed by atoms with Gasteiger partial charge in [-0.2, -0.15) is 0 Å². The van der Waals surface area contributed by atoms with Crippen molar-refractivity contribution in [2.45, 2.75) is 52.6 Å². The molecule has 0 heterocycles. The van der Waals surface area contributed by atoms with Crippen molar-refractivity contribution in [3.63, 3.8) is 0 Å². The summed E-state index contributed by atoms with van der Waals surface area (Å²) in [5.41, 5.74) is 0.242. The Hall–Kier alpha value is -0.340. The molecule has 2 heteroatoms. The first-order valence-corrected chi connectivity index (χ1v) is 5.97. The third kappa shape index (κ3) is 7.57. The van der Waals surface area contributed by atoms with Crippen molar-refractivity contribution in [2.24, 2.45) is 0 Å². The summed E-state index contributed by atoms with van der Waals surface area (Å²) >= 11 is 0. The zero-order chi connectivity index (χ0) is 11.9. The molecule has 15 heavy (non-hydrogen) atoms. The zero-order valence-corrected chi connectivity index (χ0v) is 11.1. The van der Waals surface area contributed by atoms with Crippen LogP contribution in [0.3, 0.4) is 0 Å². The molecule has 0 saturated heterocycles. The fourth-order valence-electron chi connectivity index (χ4n) is 1.52. The van der Waals surface area contributed by atoms with Crippen molar-refractivity contribution in [1.29, 1.82) is 0 Å². The van der Waals surface area contributed by atoms with Crippen molar-refractivity contribution in [2.75, 3.05) is 19.6 Å². The van der Waals surface area contributed by atoms with E-state index in [4.69, 9.17) is 0 Å². The average molecular weight is 212 g/mol. The molecule has 0 aliphatic carbocycles. The van der Waals surface area contributed by atoms with Gasteiger partial charge in [0.2, 0.25) is 0 Å². The van der Waals surface area contributed by atoms with Crippen LogP contribution in [-0.2, 0) is 0 Å². The average Bonchev–Trinajstić information content (AvgIpc) is 2.08. The molecule has 90 valence electrons. The Morgan fingerprint density at radius 2 is 1.93 bits per heavy atom. The minimum atomic E-state index is 0.242. The van der Waals surface area contributed by atoms with Crippen LogP contribution < -0.4 is 5.32 Å². The summed E-state index contributed by atoms with van der Waals surface area (Å²) in [4.78, 5) is 2.46. The first kappa shape index (κ1) is 14.7. The third-order valence-corrected chi connectivity index (χ3v) is 2.46. The maximum absolute atomic E-state index is 3.81. The van der Waals surface area contributed by atoms with E-state index in [0.717, 1.165) is 19.6 Å². The highest BCUT2D eigenvalue weighted by Crippen LogP contribution is 2.12. The van der Waals surface area contributed by atoms with Crippen molar-refractivity contribution < 1.29 is 0 Å². The van der Waals surface area contributed by atoms with Gasteiger partial charge in [0.1, 0.15) is 0 Å². The van der Waals surface area contributed by atoms with Gasteiger partial charge >= 0.3 is 0 Å². The maximum atomic E-state index is 3.81. The van der Waals surface area contributed by atoms with Gasteiger partial charge in [-0.3, -0.25) is 4.90 Å². The SMILES string of the molecule is C=CCN(CCCNC(C)C)C(C)(C)C. The fraction of sp³-hybridized carbons (Fsp3) is 0.846. The van der Waals surface area contributed by atoms with Gasteiger partial charge in [-0.15, -0.1) is 6.58 Å². The molecule has 0 aliphatic heterocycles. The lowest BCUT2D eigenvalue weighted by Crippen LogP contribution is -2.42. The van der Waals surface area contributed by atoms with Gasteiger partial charge in [0, 0.05) is 24.7 Å². The van der Waals surface area contributed by atoms with Gasteiger partial charge in [0.05, 0.1) is 0 Å². The van der Waals surface area contributed by atoms with Crippen LogP contribution in [-0.4, -0.2) is 36.1 Å². The highest BCUT2D eigenvalue weighted by atomic mass is 15.2. The summed E-state index contributed by atoms with van der Waals surface area (Å²) in [5.74, 6) is 0. The van der Waals surface area contributed by atoms with E-state index in [1.165, 1.54) is 6.42 Å². The number of hydrogen-bond acceptors (Lipinski definition) is 2. The second kappa shape index (κ2) is 7.02. The van der Waals surface area contributed by atoms with Crippen LogP contribution in [0.2, 0.25) is 0 Å². The molecule has 0 bridgehead atoms. The largest absolute Gasteiger partial charge is 0.314 e. The van der Waals surface area contributed by atoms with E-state index in [0.29, 0.717) is 6.04 Å². The Morgan fingerprint density at radius 3 is 2.33 bits per heavy atom. The lowest BCUT2D eigenvalue weighted by molar-refractivity contribution is 0.152. The van der Waals surface area contributed by atoms with Gasteiger partial charge in [-0.1, -0.05) is 19.9 Å². The summed E-state index contributed by atoms with van der Waals surface area (Å²) in [6.45, 7) is 18.2. The first-order valence-electron chi connectivity index (χ1n) is 5.97. The highest BCUT2D eigenvalue weighted by Gasteiger charge is 2.18. The molecule has 0 unspecified atom stereocenters. The van der Waals surface area contributed by atoms with Crippen LogP contribution in [0.25, 0.3) is 0 Å². The first-order chi connectivity index (χ1) is 6.88. The van der Waals surface area contributed by atoms with Crippen LogP contribution >= 0.6 is 0 Å². The van der Waals surface area contributed by atoms with Crippen molar-refractivity contribution >= 4 is 0 Å². The molecule has 0 aliphatic rings. The Kier molecular flexibility index (Phi) is 6.86. The molecule has 0 fully saturated rings. The van der Waals surface area contributed by atoms with E-state index in [1.807, 2.05) is 6.08 Å². The van der Waals surface area contributed by atoms with E-state index < -0.39 is 0 Å². The van der Waals surface area contributed by atoms with Gasteiger partial charge in [-0.05, 0) is 33.7 Å². The topological polar surface area (TPSA) is 15.3 Å². The zero-order valence-electron chi connectivity index (χ0n) is 11.1. The van der Waals surface area contributed by atoms with Crippen LogP contribution in [0.15, 0.2) is 12.7 Å². The fourth-order valence-corrected chi connectivity index (χ4v) is 1.52. The monoisotopic (exact) mass is 212 g/mol. The van der Waals surface area contributed by atoms with E-state index >= 15 is 0 Å². The molecular formula is C13H28N2. The second-order valence-corrected chi connectivity index (χ2v) is 5.37. The Labute approximate surface area is 95.7 Å². The highest BCUT2D eigenvalue weighted by molar-refractivity contribution is 4.82. The molecule has 1 N–H and O–H groups in total. The molecule has 0 saturated carbocycles. The molecule has 0 amide bonds. The van der Waals surface area contributed by atoms with Gasteiger partial charge in [-0.25, -0.2) is 0 Å². The molecule has 0 radical (unpaired) electrons. The van der Waals surface area contributed by atoms with Crippen LogP contribution in [0.5, 0.6) is 0 Å². The Morgan fingerprint density at radius 1 is 1.33 bits per heavy atom. The Bertz CT molecular complexity index is 168. The molecule has 0 spiro atoms. The Balaban J connectivity index is 3.82. The van der Waals surface area contributed by atoms with E-state index in [1.54, 1.807) is 0 Å². The smallest absolute Gasteiger partial charge is 0.0165 e. The second-order valence-electron chi connectivity index (χ2n) is 5.37. The van der Waals surface area contributed by atoms with E-state index in [9.17, 15) is 0 Å². The quantitative estimate of drug-likeness (QED) is 0.515. The minimum absolute atomic E-state index is 0.242. The lowest BCUT2D eigenvalue weighted by Gasteiger charge is -2.34. The van der Waals surface area contributed by atoms with Crippen molar-refractivity contribution in [3.8, 4) is 0 Å². The van der Waals surface area contributed by atoms with Gasteiger partial charge < -0.3 is 5.32 Å². The number of nitrogens with one attached hydrogen (secondary N) is 1. The number of hydrogen-bond donors (Lipinski definition) is 1. The molecular weight excluding hydrogens is 184 g/mol. The standard InChI is InChI=1S/C13H28N2/c1-7-10-15(13(4,5)6)11-8-9-14-12(2)3/h7,12,14H,1,8-11H2,2-6H3. The van der Waals surface area contributed by atoms with E-state index in [2.05, 4.69) is 51.4 Å². The van der Waals surface area contributed by atoms with Crippen LogP contribution in [0, 0.1) is 0 Å². The van der Waals surface area contributed by atoms with Crippen LogP contribution in [0.1, 0.15) is 41.0 Å². The van der Waals surface area contributed by atoms with Gasteiger partial charge in [0.15, 0.2) is 0 Å². The molecule has 0 rings (SSSR count). The molecule has 0 aromatic heterocycles. The predicted molar refractivity (Wildman–Crippen MR) is 69.3 cm³/mol. The molecule has 2 nitrogen and oxygen atoms in total. The van der Waals surface area contributed by atoms with Crippen LogP contribution in [0.4, 0.5) is 0 Å². The number of nitrogens with zero attached hydrogens (tertiary/aromatic N) is 1. The van der Waals surface area contributed by atoms with E-state index in [-0.39, 0.29) is 5.54 Å². The van der Waals surface area contributed by atoms with Crippen molar-refractivity contribution in [1.82, 2.24) is 10.2 Å². The summed E-state index contributed by atoms with van der Waals surface area (Å²) in [6.07, 6.45) is 3.18. The third-order valence-electron chi connectivity index (χ3n) is 2.46. The summed E-state index contributed by atoms with van der Waals surface area (Å²) in [6, 6.07) is 0.590. The van der Waals surface area contributed by atoms with Gasteiger partial charge in [0.25, 0.3) is 0 Å².